The largest absolute Gasteiger partial charge is 0.478 e. The van der Waals surface area contributed by atoms with Gasteiger partial charge in [0.2, 0.25) is 0 Å². The van der Waals surface area contributed by atoms with Gasteiger partial charge in [0.05, 0.1) is 6.04 Å². The minimum atomic E-state index is -1.16. The third kappa shape index (κ3) is 2.72. The Balaban J connectivity index is 1.54. The van der Waals surface area contributed by atoms with E-state index in [9.17, 15) is 4.79 Å². The first kappa shape index (κ1) is 19.7. The van der Waals surface area contributed by atoms with Gasteiger partial charge in [-0.2, -0.15) is 0 Å². The molecule has 2 N–H and O–H groups in total. The van der Waals surface area contributed by atoms with Crippen molar-refractivity contribution in [1.29, 1.82) is 0 Å². The Morgan fingerprint density at radius 2 is 1.88 bits per heavy atom. The minimum Gasteiger partial charge on any atom is -0.478 e. The van der Waals surface area contributed by atoms with Crippen LogP contribution in [0.2, 0.25) is 0 Å². The summed E-state index contributed by atoms with van der Waals surface area (Å²) < 4.78 is 31.1. The second-order valence-electron chi connectivity index (χ2n) is 9.70. The summed E-state index contributed by atoms with van der Waals surface area (Å²) in [5.41, 5.74) is 3.25. The van der Waals surface area contributed by atoms with Crippen LogP contribution in [0.5, 0.6) is 0 Å². The van der Waals surface area contributed by atoms with Crippen LogP contribution in [0.3, 0.4) is 0 Å². The minimum absolute atomic E-state index is 0.0183. The van der Waals surface area contributed by atoms with Crippen LogP contribution in [-0.4, -0.2) is 32.5 Å². The predicted octanol–water partition coefficient (Wildman–Crippen LogP) is 5.43. The van der Waals surface area contributed by atoms with Gasteiger partial charge in [0.25, 0.3) is 0 Å². The number of aliphatic carboxylic acids is 1. The van der Waals surface area contributed by atoms with E-state index in [0.717, 1.165) is 59.8 Å². The Bertz CT molecular complexity index is 1250. The number of carbonyl (C=O) groups is 1. The summed E-state index contributed by atoms with van der Waals surface area (Å²) in [6.07, 6.45) is 6.21. The summed E-state index contributed by atoms with van der Waals surface area (Å²) in [6.45, 7) is 2.16. The molecule has 1 aromatic heterocycles. The standard InChI is InChI=1S/C26H24F2N2O2/c1-14-8-18-17-4-2-3-5-21(17)29-24(18)25(30(14)26-11-16(12-26)13-26)23-19(27)9-15(10-20(23)28)6-7-22(31)32/h2-7,9-10,14,16,25,29H,8,11-13H2,1H3,(H,31,32)/b7-6+. The summed E-state index contributed by atoms with van der Waals surface area (Å²) >= 11 is 0. The summed E-state index contributed by atoms with van der Waals surface area (Å²) in [6, 6.07) is 10.1. The van der Waals surface area contributed by atoms with Crippen molar-refractivity contribution in [2.45, 2.75) is 50.2 Å². The molecule has 2 atom stereocenters. The molecule has 7 rings (SSSR count). The van der Waals surface area contributed by atoms with Gasteiger partial charge < -0.3 is 10.1 Å². The van der Waals surface area contributed by atoms with Crippen molar-refractivity contribution in [3.05, 3.63) is 76.5 Å². The second-order valence-corrected chi connectivity index (χ2v) is 9.70. The SMILES string of the molecule is CC1Cc2c([nH]c3ccccc23)C(c2c(F)cc(/C=C/C(=O)O)cc2F)N1C12CC(C1)C2. The van der Waals surface area contributed by atoms with Gasteiger partial charge in [-0.25, -0.2) is 13.6 Å². The average Bonchev–Trinajstić information content (AvgIpc) is 3.04. The van der Waals surface area contributed by atoms with Crippen LogP contribution in [0.4, 0.5) is 8.78 Å². The maximum Gasteiger partial charge on any atom is 0.328 e. The monoisotopic (exact) mass is 434 g/mol. The van der Waals surface area contributed by atoms with E-state index in [4.69, 9.17) is 5.11 Å². The molecule has 3 aromatic rings. The molecule has 2 bridgehead atoms. The highest BCUT2D eigenvalue weighted by Gasteiger charge is 2.63. The third-order valence-corrected chi connectivity index (χ3v) is 7.72. The summed E-state index contributed by atoms with van der Waals surface area (Å²) in [4.78, 5) is 16.7. The number of halogens is 2. The van der Waals surface area contributed by atoms with Gasteiger partial charge in [-0.1, -0.05) is 18.2 Å². The molecule has 2 unspecified atom stereocenters. The molecule has 3 aliphatic carbocycles. The van der Waals surface area contributed by atoms with Crippen LogP contribution < -0.4 is 0 Å². The molecule has 6 heteroatoms. The molecule has 0 amide bonds. The van der Waals surface area contributed by atoms with Crippen molar-refractivity contribution in [3.63, 3.8) is 0 Å². The van der Waals surface area contributed by atoms with Crippen molar-refractivity contribution in [3.8, 4) is 0 Å². The molecular formula is C26H24F2N2O2. The van der Waals surface area contributed by atoms with Crippen molar-refractivity contribution in [1.82, 2.24) is 9.88 Å². The fourth-order valence-electron chi connectivity index (χ4n) is 6.36. The van der Waals surface area contributed by atoms with Gasteiger partial charge in [-0.3, -0.25) is 4.90 Å². The Hall–Kier alpha value is -2.99. The Labute approximate surface area is 184 Å². The first-order valence-electron chi connectivity index (χ1n) is 11.1. The molecule has 0 saturated heterocycles. The normalized spacial score (nSPS) is 29.0. The second kappa shape index (κ2) is 6.75. The van der Waals surface area contributed by atoms with Gasteiger partial charge in [-0.05, 0) is 73.9 Å². The zero-order chi connectivity index (χ0) is 22.2. The number of aromatic amines is 1. The number of aromatic nitrogens is 1. The average molecular weight is 434 g/mol. The van der Waals surface area contributed by atoms with Gasteiger partial charge in [0, 0.05) is 39.8 Å². The van der Waals surface area contributed by atoms with Crippen molar-refractivity contribution >= 4 is 22.9 Å². The maximum absolute atomic E-state index is 15.5. The first-order valence-corrected chi connectivity index (χ1v) is 11.1. The highest BCUT2D eigenvalue weighted by molar-refractivity contribution is 5.86. The number of carboxylic acids is 1. The van der Waals surface area contributed by atoms with E-state index in [-0.39, 0.29) is 22.7 Å². The molecule has 2 aromatic carbocycles. The number of hydrogen-bond acceptors (Lipinski definition) is 2. The lowest BCUT2D eigenvalue weighted by Gasteiger charge is -2.70. The molecule has 4 nitrogen and oxygen atoms in total. The van der Waals surface area contributed by atoms with Crippen LogP contribution in [0.15, 0.2) is 42.5 Å². The molecule has 2 heterocycles. The molecule has 4 aliphatic rings. The summed E-state index contributed by atoms with van der Waals surface area (Å²) in [5.74, 6) is -1.70. The Kier molecular flexibility index (Phi) is 4.15. The zero-order valence-corrected chi connectivity index (χ0v) is 17.7. The van der Waals surface area contributed by atoms with Crippen LogP contribution in [0.1, 0.15) is 54.6 Å². The quantitative estimate of drug-likeness (QED) is 0.538. The number of nitrogens with zero attached hydrogens (tertiary/aromatic N) is 1. The summed E-state index contributed by atoms with van der Waals surface area (Å²) in [7, 11) is 0. The van der Waals surface area contributed by atoms with E-state index in [2.05, 4.69) is 22.9 Å². The fourth-order valence-corrected chi connectivity index (χ4v) is 6.36. The highest BCUT2D eigenvalue weighted by Crippen LogP contribution is 2.64. The molecular weight excluding hydrogens is 410 g/mol. The molecule has 3 fully saturated rings. The molecule has 1 aliphatic heterocycles. The van der Waals surface area contributed by atoms with E-state index in [1.807, 2.05) is 18.2 Å². The van der Waals surface area contributed by atoms with Crippen molar-refractivity contribution in [2.75, 3.05) is 0 Å². The van der Waals surface area contributed by atoms with E-state index in [0.29, 0.717) is 0 Å². The number of nitrogens with one attached hydrogen (secondary N) is 1. The number of fused-ring (bicyclic) bond motifs is 3. The van der Waals surface area contributed by atoms with Crippen molar-refractivity contribution < 1.29 is 18.7 Å². The molecule has 164 valence electrons. The Morgan fingerprint density at radius 3 is 2.50 bits per heavy atom. The highest BCUT2D eigenvalue weighted by atomic mass is 19.1. The lowest BCUT2D eigenvalue weighted by molar-refractivity contribution is -0.174. The maximum atomic E-state index is 15.5. The van der Waals surface area contributed by atoms with Gasteiger partial charge in [-0.15, -0.1) is 0 Å². The molecule has 0 spiro atoms. The number of carboxylic acid groups (broad SMARTS) is 1. The van der Waals surface area contributed by atoms with Gasteiger partial charge in [0.15, 0.2) is 0 Å². The number of para-hydroxylation sites is 1. The topological polar surface area (TPSA) is 56.3 Å². The van der Waals surface area contributed by atoms with Crippen LogP contribution in [-0.2, 0) is 11.2 Å². The zero-order valence-electron chi connectivity index (χ0n) is 17.7. The lowest BCUT2D eigenvalue weighted by atomic mass is 9.48. The third-order valence-electron chi connectivity index (χ3n) is 7.72. The van der Waals surface area contributed by atoms with Crippen molar-refractivity contribution in [2.24, 2.45) is 5.92 Å². The van der Waals surface area contributed by atoms with Crippen LogP contribution >= 0.6 is 0 Å². The van der Waals surface area contributed by atoms with Gasteiger partial charge >= 0.3 is 5.97 Å². The van der Waals surface area contributed by atoms with Gasteiger partial charge in [0.1, 0.15) is 11.6 Å². The number of rotatable bonds is 4. The van der Waals surface area contributed by atoms with E-state index in [1.165, 1.54) is 18.2 Å². The predicted molar refractivity (Wildman–Crippen MR) is 118 cm³/mol. The van der Waals surface area contributed by atoms with E-state index in [1.54, 1.807) is 0 Å². The molecule has 3 saturated carbocycles. The van der Waals surface area contributed by atoms with Crippen LogP contribution in [0, 0.1) is 17.6 Å². The Morgan fingerprint density at radius 1 is 1.19 bits per heavy atom. The fraction of sp³-hybridized carbons (Fsp3) is 0.346. The number of benzene rings is 2. The molecule has 0 radical (unpaired) electrons. The first-order chi connectivity index (χ1) is 15.4. The van der Waals surface area contributed by atoms with E-state index < -0.39 is 23.6 Å². The van der Waals surface area contributed by atoms with Crippen LogP contribution in [0.25, 0.3) is 17.0 Å². The summed E-state index contributed by atoms with van der Waals surface area (Å²) in [5, 5.41) is 9.97. The smallest absolute Gasteiger partial charge is 0.328 e. The lowest BCUT2D eigenvalue weighted by Crippen LogP contribution is -2.71. The number of hydrogen-bond donors (Lipinski definition) is 2. The van der Waals surface area contributed by atoms with E-state index >= 15 is 8.78 Å². The number of H-pyrrole nitrogens is 1. The molecule has 32 heavy (non-hydrogen) atoms.